The smallest absolute Gasteiger partial charge is 0.346 e. The standard InChI is InChI=1S/C12H18F3NO2/c1-7(8(2)17)16-11(18)9-4-3-5-10(6-9)12(13,14)15/h7,9-10H,3-6H2,1-2H3,(H,16,18). The van der Waals surface area contributed by atoms with Gasteiger partial charge in [-0.15, -0.1) is 0 Å². The minimum Gasteiger partial charge on any atom is -0.346 e. The molecule has 1 fully saturated rings. The van der Waals surface area contributed by atoms with Gasteiger partial charge < -0.3 is 5.32 Å². The van der Waals surface area contributed by atoms with Gasteiger partial charge in [-0.2, -0.15) is 13.2 Å². The summed E-state index contributed by atoms with van der Waals surface area (Å²) in [4.78, 5) is 22.7. The van der Waals surface area contributed by atoms with E-state index in [9.17, 15) is 22.8 Å². The first-order valence-corrected chi connectivity index (χ1v) is 6.09. The van der Waals surface area contributed by atoms with Crippen LogP contribution in [-0.2, 0) is 9.59 Å². The minimum atomic E-state index is -4.23. The largest absolute Gasteiger partial charge is 0.391 e. The fourth-order valence-corrected chi connectivity index (χ4v) is 2.16. The zero-order valence-electron chi connectivity index (χ0n) is 10.5. The lowest BCUT2D eigenvalue weighted by molar-refractivity contribution is -0.186. The molecule has 0 spiro atoms. The van der Waals surface area contributed by atoms with Gasteiger partial charge in [-0.05, 0) is 33.1 Å². The van der Waals surface area contributed by atoms with E-state index in [2.05, 4.69) is 5.32 Å². The number of hydrogen-bond donors (Lipinski definition) is 1. The first kappa shape index (κ1) is 15.0. The number of carbonyl (C=O) groups excluding carboxylic acids is 2. The molecule has 0 heterocycles. The molecule has 1 aliphatic rings. The minimum absolute atomic E-state index is 0.0928. The maximum atomic E-state index is 12.6. The van der Waals surface area contributed by atoms with Gasteiger partial charge in [-0.3, -0.25) is 9.59 Å². The fourth-order valence-electron chi connectivity index (χ4n) is 2.16. The monoisotopic (exact) mass is 265 g/mol. The number of halogens is 3. The van der Waals surface area contributed by atoms with Crippen LogP contribution < -0.4 is 5.32 Å². The van der Waals surface area contributed by atoms with E-state index in [1.54, 1.807) is 0 Å². The second kappa shape index (κ2) is 5.71. The zero-order valence-corrected chi connectivity index (χ0v) is 10.5. The molecule has 18 heavy (non-hydrogen) atoms. The summed E-state index contributed by atoms with van der Waals surface area (Å²) in [6.45, 7) is 2.87. The van der Waals surface area contributed by atoms with Crippen molar-refractivity contribution in [1.82, 2.24) is 5.32 Å². The highest BCUT2D eigenvalue weighted by Gasteiger charge is 2.43. The van der Waals surface area contributed by atoms with E-state index in [0.29, 0.717) is 12.8 Å². The molecule has 3 unspecified atom stereocenters. The number of carbonyl (C=O) groups is 2. The van der Waals surface area contributed by atoms with Crippen LogP contribution in [0.3, 0.4) is 0 Å². The predicted molar refractivity (Wildman–Crippen MR) is 59.8 cm³/mol. The topological polar surface area (TPSA) is 46.2 Å². The highest BCUT2D eigenvalue weighted by Crippen LogP contribution is 2.39. The molecule has 1 saturated carbocycles. The lowest BCUT2D eigenvalue weighted by Crippen LogP contribution is -2.43. The van der Waals surface area contributed by atoms with Gasteiger partial charge in [0.25, 0.3) is 0 Å². The Bertz CT molecular complexity index is 328. The van der Waals surface area contributed by atoms with Gasteiger partial charge in [-0.25, -0.2) is 0 Å². The highest BCUT2D eigenvalue weighted by atomic mass is 19.4. The van der Waals surface area contributed by atoms with Crippen LogP contribution in [0.1, 0.15) is 39.5 Å². The van der Waals surface area contributed by atoms with Gasteiger partial charge in [0.15, 0.2) is 5.78 Å². The van der Waals surface area contributed by atoms with Crippen LogP contribution in [-0.4, -0.2) is 23.9 Å². The van der Waals surface area contributed by atoms with Crippen LogP contribution in [0.4, 0.5) is 13.2 Å². The maximum Gasteiger partial charge on any atom is 0.391 e. The molecule has 0 aromatic carbocycles. The van der Waals surface area contributed by atoms with Crippen LogP contribution in [0.2, 0.25) is 0 Å². The first-order chi connectivity index (χ1) is 8.21. The van der Waals surface area contributed by atoms with E-state index in [4.69, 9.17) is 0 Å². The van der Waals surface area contributed by atoms with E-state index in [1.807, 2.05) is 0 Å². The van der Waals surface area contributed by atoms with E-state index in [-0.39, 0.29) is 18.6 Å². The van der Waals surface area contributed by atoms with Gasteiger partial charge in [-0.1, -0.05) is 6.42 Å². The second-order valence-corrected chi connectivity index (χ2v) is 4.94. The molecular weight excluding hydrogens is 247 g/mol. The maximum absolute atomic E-state index is 12.6. The predicted octanol–water partition coefficient (Wildman–Crippen LogP) is 2.45. The summed E-state index contributed by atoms with van der Waals surface area (Å²) < 4.78 is 37.7. The number of hydrogen-bond acceptors (Lipinski definition) is 2. The molecule has 1 N–H and O–H groups in total. The molecule has 3 nitrogen and oxygen atoms in total. The molecule has 1 amide bonds. The zero-order chi connectivity index (χ0) is 13.9. The van der Waals surface area contributed by atoms with Gasteiger partial charge >= 0.3 is 6.18 Å². The average molecular weight is 265 g/mol. The molecular formula is C12H18F3NO2. The normalized spacial score (nSPS) is 26.5. The molecule has 6 heteroatoms. The van der Waals surface area contributed by atoms with E-state index < -0.39 is 30.0 Å². The molecule has 1 rings (SSSR count). The lowest BCUT2D eigenvalue weighted by Gasteiger charge is -2.30. The Kier molecular flexibility index (Phi) is 4.76. The first-order valence-electron chi connectivity index (χ1n) is 6.09. The summed E-state index contributed by atoms with van der Waals surface area (Å²) in [5, 5.41) is 2.47. The number of alkyl halides is 3. The fraction of sp³-hybridized carbons (Fsp3) is 0.833. The number of rotatable bonds is 3. The molecule has 0 aromatic heterocycles. The molecule has 104 valence electrons. The van der Waals surface area contributed by atoms with Crippen LogP contribution in [0.25, 0.3) is 0 Å². The Morgan fingerprint density at radius 1 is 1.28 bits per heavy atom. The second-order valence-electron chi connectivity index (χ2n) is 4.94. The summed E-state index contributed by atoms with van der Waals surface area (Å²) in [5.74, 6) is -2.67. The third-order valence-corrected chi connectivity index (χ3v) is 3.48. The van der Waals surface area contributed by atoms with Gasteiger partial charge in [0, 0.05) is 5.92 Å². The Hall–Kier alpha value is -1.07. The Morgan fingerprint density at radius 2 is 1.89 bits per heavy atom. The van der Waals surface area contributed by atoms with Gasteiger partial charge in [0.05, 0.1) is 12.0 Å². The molecule has 0 radical (unpaired) electrons. The quantitative estimate of drug-likeness (QED) is 0.852. The van der Waals surface area contributed by atoms with Gasteiger partial charge in [0.2, 0.25) is 5.91 Å². The summed E-state index contributed by atoms with van der Waals surface area (Å²) in [6, 6.07) is -0.635. The molecule has 0 saturated heterocycles. The average Bonchev–Trinajstić information content (AvgIpc) is 2.27. The van der Waals surface area contributed by atoms with Crippen LogP contribution in [0.15, 0.2) is 0 Å². The molecule has 3 atom stereocenters. The van der Waals surface area contributed by atoms with Crippen molar-refractivity contribution in [2.75, 3.05) is 0 Å². The highest BCUT2D eigenvalue weighted by molar-refractivity contribution is 5.88. The SMILES string of the molecule is CC(=O)C(C)NC(=O)C1CCCC(C(F)(F)F)C1. The Morgan fingerprint density at radius 3 is 2.39 bits per heavy atom. The van der Waals surface area contributed by atoms with Crippen LogP contribution in [0, 0.1) is 11.8 Å². The van der Waals surface area contributed by atoms with Gasteiger partial charge in [0.1, 0.15) is 0 Å². The number of ketones is 1. The van der Waals surface area contributed by atoms with E-state index in [1.165, 1.54) is 13.8 Å². The van der Waals surface area contributed by atoms with Crippen molar-refractivity contribution >= 4 is 11.7 Å². The molecule has 0 bridgehead atoms. The van der Waals surface area contributed by atoms with Crippen molar-refractivity contribution < 1.29 is 22.8 Å². The summed E-state index contributed by atoms with van der Waals surface area (Å²) in [7, 11) is 0. The summed E-state index contributed by atoms with van der Waals surface area (Å²) >= 11 is 0. The van der Waals surface area contributed by atoms with Crippen molar-refractivity contribution in [3.8, 4) is 0 Å². The van der Waals surface area contributed by atoms with Crippen molar-refractivity contribution in [2.45, 2.75) is 51.7 Å². The number of nitrogens with one attached hydrogen (secondary N) is 1. The number of amides is 1. The molecule has 1 aliphatic carbocycles. The van der Waals surface area contributed by atoms with Crippen molar-refractivity contribution in [3.63, 3.8) is 0 Å². The van der Waals surface area contributed by atoms with Crippen molar-refractivity contribution in [1.29, 1.82) is 0 Å². The molecule has 0 aliphatic heterocycles. The Balaban J connectivity index is 2.56. The van der Waals surface area contributed by atoms with Crippen molar-refractivity contribution in [3.05, 3.63) is 0 Å². The third kappa shape index (κ3) is 3.99. The van der Waals surface area contributed by atoms with Crippen molar-refractivity contribution in [2.24, 2.45) is 11.8 Å². The van der Waals surface area contributed by atoms with E-state index >= 15 is 0 Å². The summed E-state index contributed by atoms with van der Waals surface area (Å²) in [6.07, 6.45) is -3.44. The third-order valence-electron chi connectivity index (χ3n) is 3.48. The molecule has 0 aromatic rings. The van der Waals surface area contributed by atoms with Crippen LogP contribution in [0.5, 0.6) is 0 Å². The number of Topliss-reactive ketones (excluding diaryl/α,β-unsaturated/α-hetero) is 1. The van der Waals surface area contributed by atoms with E-state index in [0.717, 1.165) is 0 Å². The lowest BCUT2D eigenvalue weighted by atomic mass is 9.80. The summed E-state index contributed by atoms with van der Waals surface area (Å²) in [5.41, 5.74) is 0. The Labute approximate surface area is 104 Å². The van der Waals surface area contributed by atoms with Crippen LogP contribution >= 0.6 is 0 Å².